The lowest BCUT2D eigenvalue weighted by Gasteiger charge is -2.43. The second kappa shape index (κ2) is 14.5. The van der Waals surface area contributed by atoms with E-state index >= 15 is 0 Å². The maximum Gasteiger partial charge on any atom is 0.409 e. The number of amides is 2. The second-order valence-corrected chi connectivity index (χ2v) is 14.6. The van der Waals surface area contributed by atoms with Crippen molar-refractivity contribution in [3.8, 4) is 23.0 Å². The Bertz CT molecular complexity index is 1380. The first kappa shape index (κ1) is 35.0. The fourth-order valence-corrected chi connectivity index (χ4v) is 8.75. The molecule has 4 fully saturated rings. The van der Waals surface area contributed by atoms with E-state index in [4.69, 9.17) is 28.4 Å². The number of rotatable bonds is 10. The Labute approximate surface area is 290 Å². The average molecular weight is 680 g/mol. The topological polar surface area (TPSA) is 108 Å². The Kier molecular flexibility index (Phi) is 10.4. The predicted molar refractivity (Wildman–Crippen MR) is 185 cm³/mol. The zero-order valence-electron chi connectivity index (χ0n) is 29.9. The number of hydrogen-bond acceptors (Lipinski definition) is 9. The van der Waals surface area contributed by atoms with E-state index < -0.39 is 11.1 Å². The van der Waals surface area contributed by atoms with Gasteiger partial charge in [-0.1, -0.05) is 12.1 Å². The fourth-order valence-electron chi connectivity index (χ4n) is 8.75. The van der Waals surface area contributed by atoms with Crippen LogP contribution in [0.1, 0.15) is 88.2 Å². The molecule has 2 heterocycles. The highest BCUT2D eigenvalue weighted by atomic mass is 16.5. The molecule has 4 aliphatic rings. The standard InChI is InChI=1S/C38H53N3O8/c1-37(23-40(35(42)46-5)21-29(37)25-15-17-31(44-3)33(19-25)48-27-11-7-8-12-27)39-38(2)24-41(36(43)47-6)22-30(38)26-16-18-32(45-4)34(20-26)49-28-13-9-10-14-28/h15-20,27-30,39H,7-14,21-24H2,1-6H3/t29-,30-,37-,38-/m0/s1. The van der Waals surface area contributed by atoms with Crippen molar-refractivity contribution in [1.82, 2.24) is 15.1 Å². The zero-order chi connectivity index (χ0) is 34.8. The maximum absolute atomic E-state index is 13.0. The maximum atomic E-state index is 13.0. The number of methoxy groups -OCH3 is 4. The fraction of sp³-hybridized carbons (Fsp3) is 0.632. The minimum Gasteiger partial charge on any atom is -0.493 e. The first-order valence-corrected chi connectivity index (χ1v) is 17.7. The molecule has 49 heavy (non-hydrogen) atoms. The van der Waals surface area contributed by atoms with E-state index in [2.05, 4.69) is 43.4 Å². The number of benzene rings is 2. The van der Waals surface area contributed by atoms with Crippen LogP contribution in [0.5, 0.6) is 23.0 Å². The van der Waals surface area contributed by atoms with Crippen LogP contribution in [0.25, 0.3) is 0 Å². The van der Waals surface area contributed by atoms with Gasteiger partial charge in [-0.2, -0.15) is 0 Å². The molecule has 2 aliphatic carbocycles. The highest BCUT2D eigenvalue weighted by Crippen LogP contribution is 2.46. The van der Waals surface area contributed by atoms with Crippen LogP contribution in [-0.4, -0.2) is 99.9 Å². The lowest BCUT2D eigenvalue weighted by molar-refractivity contribution is 0.123. The molecule has 11 heteroatoms. The predicted octanol–water partition coefficient (Wildman–Crippen LogP) is 6.49. The van der Waals surface area contributed by atoms with Crippen LogP contribution < -0.4 is 24.3 Å². The molecule has 0 unspecified atom stereocenters. The van der Waals surface area contributed by atoms with Crippen molar-refractivity contribution < 1.29 is 38.0 Å². The van der Waals surface area contributed by atoms with Crippen LogP contribution >= 0.6 is 0 Å². The van der Waals surface area contributed by atoms with Crippen LogP contribution in [0.3, 0.4) is 0 Å². The van der Waals surface area contributed by atoms with Crippen molar-refractivity contribution >= 4 is 12.2 Å². The average Bonchev–Trinajstić information content (AvgIpc) is 3.92. The van der Waals surface area contributed by atoms with Gasteiger partial charge >= 0.3 is 12.2 Å². The van der Waals surface area contributed by atoms with E-state index in [0.29, 0.717) is 37.7 Å². The Morgan fingerprint density at radius 3 is 1.37 bits per heavy atom. The van der Waals surface area contributed by atoms with Crippen LogP contribution in [0.2, 0.25) is 0 Å². The van der Waals surface area contributed by atoms with E-state index in [9.17, 15) is 9.59 Å². The molecular formula is C38H53N3O8. The molecular weight excluding hydrogens is 626 g/mol. The molecule has 2 amide bonds. The molecule has 0 radical (unpaired) electrons. The van der Waals surface area contributed by atoms with Crippen LogP contribution in [0.15, 0.2) is 36.4 Å². The zero-order valence-corrected chi connectivity index (χ0v) is 29.9. The number of carbonyl (C=O) groups excluding carboxylic acids is 2. The van der Waals surface area contributed by atoms with Crippen LogP contribution in [0, 0.1) is 0 Å². The van der Waals surface area contributed by atoms with E-state index in [1.54, 1.807) is 24.0 Å². The van der Waals surface area contributed by atoms with Crippen molar-refractivity contribution in [2.24, 2.45) is 0 Å². The summed E-state index contributed by atoms with van der Waals surface area (Å²) in [6.07, 6.45) is 8.35. The number of nitrogens with zero attached hydrogens (tertiary/aromatic N) is 2. The number of carbonyl (C=O) groups is 2. The molecule has 2 aliphatic heterocycles. The third-order valence-corrected chi connectivity index (χ3v) is 11.2. The SMILES string of the molecule is COC(=O)N1C[C@@H](c2ccc(OC)c(OC3CCCC3)c2)[C@@](C)(N[C@@]2(C)CN(C(=O)OC)C[C@H]2c2ccc(OC)c(OC3CCCC3)c2)C1. The minimum absolute atomic E-state index is 0.120. The Balaban J connectivity index is 1.36. The molecule has 0 bridgehead atoms. The summed E-state index contributed by atoms with van der Waals surface area (Å²) in [7, 11) is 6.15. The van der Waals surface area contributed by atoms with E-state index in [-0.39, 0.29) is 36.2 Å². The third kappa shape index (κ3) is 7.23. The number of nitrogens with one attached hydrogen (secondary N) is 1. The van der Waals surface area contributed by atoms with E-state index in [0.717, 1.165) is 74.0 Å². The van der Waals surface area contributed by atoms with Gasteiger partial charge in [-0.25, -0.2) is 9.59 Å². The number of hydrogen-bond donors (Lipinski definition) is 1. The van der Waals surface area contributed by atoms with Gasteiger partial charge in [-0.3, -0.25) is 0 Å². The van der Waals surface area contributed by atoms with E-state index in [1.807, 2.05) is 12.1 Å². The Hall–Kier alpha value is -3.86. The first-order chi connectivity index (χ1) is 23.6. The summed E-state index contributed by atoms with van der Waals surface area (Å²) >= 11 is 0. The summed E-state index contributed by atoms with van der Waals surface area (Å²) in [5.74, 6) is 2.59. The summed E-state index contributed by atoms with van der Waals surface area (Å²) in [5.41, 5.74) is 0.856. The second-order valence-electron chi connectivity index (χ2n) is 14.6. The normalized spacial score (nSPS) is 27.4. The molecule has 4 atom stereocenters. The third-order valence-electron chi connectivity index (χ3n) is 11.2. The van der Waals surface area contributed by atoms with Crippen molar-refractivity contribution in [1.29, 1.82) is 0 Å². The summed E-state index contributed by atoms with van der Waals surface area (Å²) in [6, 6.07) is 12.2. The summed E-state index contributed by atoms with van der Waals surface area (Å²) in [6.45, 7) is 6.05. The molecule has 6 rings (SSSR count). The van der Waals surface area contributed by atoms with E-state index in [1.165, 1.54) is 14.2 Å². The molecule has 2 aromatic rings. The quantitative estimate of drug-likeness (QED) is 0.302. The first-order valence-electron chi connectivity index (χ1n) is 17.7. The molecule has 2 saturated carbocycles. The lowest BCUT2D eigenvalue weighted by Crippen LogP contribution is -2.61. The number of ether oxygens (including phenoxy) is 6. The summed E-state index contributed by atoms with van der Waals surface area (Å²) in [4.78, 5) is 29.6. The minimum atomic E-state index is -0.609. The Morgan fingerprint density at radius 1 is 0.633 bits per heavy atom. The van der Waals surface area contributed by atoms with Crippen molar-refractivity contribution in [2.45, 2.75) is 100 Å². The summed E-state index contributed by atoms with van der Waals surface area (Å²) in [5, 5.41) is 4.04. The largest absolute Gasteiger partial charge is 0.493 e. The number of likely N-dealkylation sites (tertiary alicyclic amines) is 2. The van der Waals surface area contributed by atoms with Gasteiger partial charge < -0.3 is 43.5 Å². The van der Waals surface area contributed by atoms with Gasteiger partial charge in [0.25, 0.3) is 0 Å². The van der Waals surface area contributed by atoms with Crippen LogP contribution in [-0.2, 0) is 9.47 Å². The highest BCUT2D eigenvalue weighted by Gasteiger charge is 2.54. The molecule has 11 nitrogen and oxygen atoms in total. The van der Waals surface area contributed by atoms with Crippen molar-refractivity contribution in [3.05, 3.63) is 47.5 Å². The molecule has 2 aromatic carbocycles. The molecule has 0 spiro atoms. The van der Waals surface area contributed by atoms with Gasteiger partial charge in [0.1, 0.15) is 0 Å². The smallest absolute Gasteiger partial charge is 0.409 e. The van der Waals surface area contributed by atoms with Gasteiger partial charge in [0.15, 0.2) is 23.0 Å². The molecule has 2 saturated heterocycles. The van der Waals surface area contributed by atoms with Gasteiger partial charge in [0, 0.05) is 49.1 Å². The monoisotopic (exact) mass is 679 g/mol. The lowest BCUT2D eigenvalue weighted by atomic mass is 9.77. The van der Waals surface area contributed by atoms with Gasteiger partial charge in [-0.15, -0.1) is 0 Å². The highest BCUT2D eigenvalue weighted by molar-refractivity contribution is 5.69. The van der Waals surface area contributed by atoms with Crippen molar-refractivity contribution in [3.63, 3.8) is 0 Å². The van der Waals surface area contributed by atoms with Crippen LogP contribution in [0.4, 0.5) is 9.59 Å². The molecule has 268 valence electrons. The van der Waals surface area contributed by atoms with Gasteiger partial charge in [0.05, 0.1) is 40.6 Å². The van der Waals surface area contributed by atoms with Crippen molar-refractivity contribution in [2.75, 3.05) is 54.6 Å². The summed E-state index contributed by atoms with van der Waals surface area (Å²) < 4.78 is 34.8. The Morgan fingerprint density at radius 2 is 1.02 bits per heavy atom. The van der Waals surface area contributed by atoms with Gasteiger partial charge in [-0.05, 0) is 101 Å². The molecule has 0 aromatic heterocycles. The van der Waals surface area contributed by atoms with Gasteiger partial charge in [0.2, 0.25) is 0 Å². The molecule has 1 N–H and O–H groups in total.